The smallest absolute Gasteiger partial charge is 0.193 e. The molecule has 5 heteroatoms. The predicted molar refractivity (Wildman–Crippen MR) is 97.6 cm³/mol. The van der Waals surface area contributed by atoms with Gasteiger partial charge in [-0.3, -0.25) is 4.99 Å². The molecular weight excluding hydrogens is 302 g/mol. The number of rotatable bonds is 7. The lowest BCUT2D eigenvalue weighted by molar-refractivity contribution is 0.0893. The van der Waals surface area contributed by atoms with Crippen molar-refractivity contribution < 1.29 is 9.47 Å². The average Bonchev–Trinajstić information content (AvgIpc) is 3.12. The van der Waals surface area contributed by atoms with Gasteiger partial charge >= 0.3 is 0 Å². The summed E-state index contributed by atoms with van der Waals surface area (Å²) in [4.78, 5) is 4.42. The normalized spacial score (nSPS) is 20.8. The van der Waals surface area contributed by atoms with Crippen molar-refractivity contribution in [2.45, 2.75) is 38.5 Å². The largest absolute Gasteiger partial charge is 0.381 e. The van der Waals surface area contributed by atoms with Gasteiger partial charge in [0, 0.05) is 31.4 Å². The van der Waals surface area contributed by atoms with Gasteiger partial charge in [0.15, 0.2) is 5.96 Å². The van der Waals surface area contributed by atoms with Gasteiger partial charge < -0.3 is 20.5 Å². The molecule has 5 nitrogen and oxygen atoms in total. The fourth-order valence-corrected chi connectivity index (χ4v) is 3.41. The molecule has 1 aromatic carbocycles. The summed E-state index contributed by atoms with van der Waals surface area (Å²) in [5.74, 6) is 1.07. The minimum absolute atomic E-state index is 0.498. The van der Waals surface area contributed by atoms with Crippen LogP contribution in [0.4, 0.5) is 5.69 Å². The molecule has 1 saturated heterocycles. The van der Waals surface area contributed by atoms with E-state index in [2.05, 4.69) is 28.5 Å². The van der Waals surface area contributed by atoms with E-state index in [1.165, 1.54) is 30.4 Å². The van der Waals surface area contributed by atoms with Crippen LogP contribution < -0.4 is 11.1 Å². The number of ether oxygens (including phenoxy) is 2. The molecule has 0 bridgehead atoms. The summed E-state index contributed by atoms with van der Waals surface area (Å²) in [6, 6.07) is 6.42. The van der Waals surface area contributed by atoms with Gasteiger partial charge in [0.05, 0.1) is 13.2 Å². The maximum absolute atomic E-state index is 6.03. The predicted octanol–water partition coefficient (Wildman–Crippen LogP) is 2.74. The molecule has 1 atom stereocenters. The van der Waals surface area contributed by atoms with Gasteiger partial charge in [-0.2, -0.15) is 0 Å². The molecule has 1 heterocycles. The minimum Gasteiger partial charge on any atom is -0.381 e. The van der Waals surface area contributed by atoms with Crippen molar-refractivity contribution >= 4 is 11.6 Å². The highest BCUT2D eigenvalue weighted by atomic mass is 16.5. The first kappa shape index (κ1) is 17.2. The zero-order chi connectivity index (χ0) is 16.6. The Balaban J connectivity index is 1.38. The summed E-state index contributed by atoms with van der Waals surface area (Å²) in [7, 11) is 0. The summed E-state index contributed by atoms with van der Waals surface area (Å²) < 4.78 is 11.0. The number of fused-ring (bicyclic) bond motifs is 1. The van der Waals surface area contributed by atoms with Crippen LogP contribution in [0.5, 0.6) is 0 Å². The molecule has 2 aliphatic rings. The molecule has 1 aliphatic heterocycles. The van der Waals surface area contributed by atoms with Gasteiger partial charge in [-0.15, -0.1) is 0 Å². The molecule has 132 valence electrons. The number of benzene rings is 1. The number of hydrogen-bond acceptors (Lipinski definition) is 3. The summed E-state index contributed by atoms with van der Waals surface area (Å²) in [6.45, 7) is 3.94. The number of guanidine groups is 1. The highest BCUT2D eigenvalue weighted by Gasteiger charge is 2.15. The third kappa shape index (κ3) is 4.95. The molecule has 0 saturated carbocycles. The Kier molecular flexibility index (Phi) is 6.49. The minimum atomic E-state index is 0.498. The lowest BCUT2D eigenvalue weighted by Crippen LogP contribution is -2.24. The van der Waals surface area contributed by atoms with Crippen molar-refractivity contribution in [3.63, 3.8) is 0 Å². The maximum Gasteiger partial charge on any atom is 0.193 e. The van der Waals surface area contributed by atoms with E-state index in [0.29, 0.717) is 18.4 Å². The summed E-state index contributed by atoms with van der Waals surface area (Å²) in [6.07, 6.45) is 6.86. The van der Waals surface area contributed by atoms with Crippen molar-refractivity contribution in [2.75, 3.05) is 38.3 Å². The summed E-state index contributed by atoms with van der Waals surface area (Å²) >= 11 is 0. The van der Waals surface area contributed by atoms with Gasteiger partial charge in [-0.05, 0) is 55.7 Å². The molecular formula is C19H29N3O2. The topological polar surface area (TPSA) is 68.9 Å². The monoisotopic (exact) mass is 331 g/mol. The Morgan fingerprint density at radius 3 is 3.12 bits per heavy atom. The van der Waals surface area contributed by atoms with E-state index in [9.17, 15) is 0 Å². The van der Waals surface area contributed by atoms with Gasteiger partial charge in [0.1, 0.15) is 0 Å². The van der Waals surface area contributed by atoms with Crippen LogP contribution in [0.2, 0.25) is 0 Å². The zero-order valence-corrected chi connectivity index (χ0v) is 14.4. The summed E-state index contributed by atoms with van der Waals surface area (Å²) in [5, 5.41) is 3.28. The van der Waals surface area contributed by atoms with Crippen molar-refractivity contribution in [3.05, 3.63) is 29.3 Å². The number of anilines is 1. The van der Waals surface area contributed by atoms with E-state index >= 15 is 0 Å². The number of aliphatic imine (C=N–C) groups is 1. The van der Waals surface area contributed by atoms with Crippen LogP contribution in [-0.2, 0) is 22.3 Å². The van der Waals surface area contributed by atoms with E-state index in [1.54, 1.807) is 0 Å². The molecule has 0 aromatic heterocycles. The molecule has 3 rings (SSSR count). The van der Waals surface area contributed by atoms with Crippen molar-refractivity contribution in [3.8, 4) is 0 Å². The first-order valence-electron chi connectivity index (χ1n) is 9.16. The fourth-order valence-electron chi connectivity index (χ4n) is 3.41. The van der Waals surface area contributed by atoms with Gasteiger partial charge in [-0.1, -0.05) is 12.1 Å². The Morgan fingerprint density at radius 1 is 1.33 bits per heavy atom. The molecule has 3 N–H and O–H groups in total. The van der Waals surface area contributed by atoms with Crippen LogP contribution in [-0.4, -0.2) is 38.9 Å². The van der Waals surface area contributed by atoms with E-state index in [4.69, 9.17) is 15.2 Å². The quantitative estimate of drug-likeness (QED) is 0.458. The third-order valence-corrected chi connectivity index (χ3v) is 4.77. The number of aryl methyl sites for hydroxylation is 1. The Morgan fingerprint density at radius 2 is 2.25 bits per heavy atom. The zero-order valence-electron chi connectivity index (χ0n) is 14.4. The highest BCUT2D eigenvalue weighted by molar-refractivity contribution is 5.93. The van der Waals surface area contributed by atoms with Crippen LogP contribution in [0.25, 0.3) is 0 Å². The average molecular weight is 331 g/mol. The second-order valence-electron chi connectivity index (χ2n) is 6.70. The lowest BCUT2D eigenvalue weighted by atomic mass is 9.90. The second-order valence-corrected chi connectivity index (χ2v) is 6.70. The third-order valence-electron chi connectivity index (χ3n) is 4.77. The molecule has 0 amide bonds. The van der Waals surface area contributed by atoms with Gasteiger partial charge in [0.25, 0.3) is 0 Å². The van der Waals surface area contributed by atoms with Gasteiger partial charge in [0.2, 0.25) is 0 Å². The van der Waals surface area contributed by atoms with Gasteiger partial charge in [-0.25, -0.2) is 0 Å². The fraction of sp³-hybridized carbons (Fsp3) is 0.632. The van der Waals surface area contributed by atoms with Crippen molar-refractivity contribution in [1.29, 1.82) is 0 Å². The molecule has 24 heavy (non-hydrogen) atoms. The highest BCUT2D eigenvalue weighted by Crippen LogP contribution is 2.27. The van der Waals surface area contributed by atoms with Crippen LogP contribution in [0.15, 0.2) is 23.2 Å². The SMILES string of the molecule is NC(=NCCCOCC1CCOC1)Nc1cccc2c1CCCC2. The Hall–Kier alpha value is -1.59. The van der Waals surface area contributed by atoms with Crippen molar-refractivity contribution in [2.24, 2.45) is 16.6 Å². The first-order valence-corrected chi connectivity index (χ1v) is 9.16. The number of nitrogens with zero attached hydrogens (tertiary/aromatic N) is 1. The lowest BCUT2D eigenvalue weighted by Gasteiger charge is -2.19. The van der Waals surface area contributed by atoms with Crippen LogP contribution in [0, 0.1) is 5.92 Å². The maximum atomic E-state index is 6.03. The molecule has 0 radical (unpaired) electrons. The van der Waals surface area contributed by atoms with Crippen LogP contribution in [0.3, 0.4) is 0 Å². The van der Waals surface area contributed by atoms with Crippen LogP contribution >= 0.6 is 0 Å². The molecule has 1 fully saturated rings. The number of nitrogens with one attached hydrogen (secondary N) is 1. The molecule has 1 aliphatic carbocycles. The number of hydrogen-bond donors (Lipinski definition) is 2. The molecule has 1 aromatic rings. The van der Waals surface area contributed by atoms with E-state index in [1.807, 2.05) is 0 Å². The second kappa shape index (κ2) is 9.04. The van der Waals surface area contributed by atoms with Crippen LogP contribution in [0.1, 0.15) is 36.8 Å². The molecule has 1 unspecified atom stereocenters. The Labute approximate surface area is 144 Å². The first-order chi connectivity index (χ1) is 11.8. The molecule has 0 spiro atoms. The Bertz CT molecular complexity index is 554. The van der Waals surface area contributed by atoms with E-state index in [0.717, 1.165) is 51.4 Å². The van der Waals surface area contributed by atoms with Crippen molar-refractivity contribution in [1.82, 2.24) is 0 Å². The van der Waals surface area contributed by atoms with E-state index < -0.39 is 0 Å². The number of nitrogens with two attached hydrogens (primary N) is 1. The van der Waals surface area contributed by atoms with E-state index in [-0.39, 0.29) is 0 Å². The summed E-state index contributed by atoms with van der Waals surface area (Å²) in [5.41, 5.74) is 10.0. The standard InChI is InChI=1S/C19H29N3O2/c20-19(21-10-4-11-23-13-15-9-12-24-14-15)22-18-8-3-6-16-5-1-2-7-17(16)18/h3,6,8,15H,1-2,4-5,7,9-14H2,(H3,20,21,22).